The molecule has 2 aromatic rings. The van der Waals surface area contributed by atoms with Gasteiger partial charge in [-0.3, -0.25) is 0 Å². The van der Waals surface area contributed by atoms with Crippen molar-refractivity contribution >= 4 is 27.5 Å². The van der Waals surface area contributed by atoms with E-state index in [-0.39, 0.29) is 0 Å². The van der Waals surface area contributed by atoms with E-state index in [1.165, 1.54) is 10.1 Å². The van der Waals surface area contributed by atoms with Crippen molar-refractivity contribution in [2.24, 2.45) is 0 Å². The summed E-state index contributed by atoms with van der Waals surface area (Å²) in [6.45, 7) is 3.73. The van der Waals surface area contributed by atoms with Crippen LogP contribution in [0.25, 0.3) is 16.2 Å². The summed E-state index contributed by atoms with van der Waals surface area (Å²) in [6.07, 6.45) is 1.84. The molecule has 0 saturated heterocycles. The van der Waals surface area contributed by atoms with E-state index in [0.717, 1.165) is 5.56 Å². The molecule has 0 amide bonds. The predicted octanol–water partition coefficient (Wildman–Crippen LogP) is 3.34. The van der Waals surface area contributed by atoms with Crippen LogP contribution in [0.4, 0.5) is 0 Å². The van der Waals surface area contributed by atoms with Crippen molar-refractivity contribution in [3.05, 3.63) is 41.8 Å². The third kappa shape index (κ3) is 0.976. The Labute approximate surface area is 69.8 Å². The van der Waals surface area contributed by atoms with Gasteiger partial charge in [-0.1, -0.05) is 18.7 Å². The molecule has 0 nitrogen and oxygen atoms in total. The summed E-state index contributed by atoms with van der Waals surface area (Å²) in [4.78, 5) is 0. The van der Waals surface area contributed by atoms with Gasteiger partial charge in [0, 0.05) is 10.1 Å². The molecule has 0 spiro atoms. The third-order valence-electron chi connectivity index (χ3n) is 1.66. The maximum atomic E-state index is 3.73. The minimum absolute atomic E-state index is 1.10. The first-order valence-electron chi connectivity index (χ1n) is 3.42. The molecular weight excluding hydrogens is 152 g/mol. The van der Waals surface area contributed by atoms with Gasteiger partial charge in [-0.2, -0.15) is 0 Å². The molecule has 0 aliphatic heterocycles. The van der Waals surface area contributed by atoms with Gasteiger partial charge in [-0.25, -0.2) is 0 Å². The average molecular weight is 159 g/mol. The molecule has 0 atom stereocenters. The molecule has 53 valence electrons. The van der Waals surface area contributed by atoms with E-state index in [2.05, 4.69) is 30.2 Å². The summed E-state index contributed by atoms with van der Waals surface area (Å²) in [6, 6.07) is 9.26. The molecule has 1 aromatic heterocycles. The van der Waals surface area contributed by atoms with Crippen LogP contribution >= 0.6 is 11.3 Å². The Balaban J connectivity index is 2.88. The second-order valence-electron chi connectivity index (χ2n) is 2.29. The van der Waals surface area contributed by atoms with Gasteiger partial charge < -0.3 is 0 Å². The molecular formula is C10H7S. The molecule has 1 heterocycles. The van der Waals surface area contributed by atoms with Crippen LogP contribution in [0.2, 0.25) is 0 Å². The van der Waals surface area contributed by atoms with Gasteiger partial charge in [0.05, 0.1) is 0 Å². The van der Waals surface area contributed by atoms with Gasteiger partial charge in [-0.15, -0.1) is 11.3 Å². The third-order valence-corrected chi connectivity index (χ3v) is 2.55. The van der Waals surface area contributed by atoms with E-state index in [1.54, 1.807) is 11.3 Å². The largest absolute Gasteiger partial charge is 0.144 e. The normalized spacial score (nSPS) is 10.2. The SMILES string of the molecule is C=Cc1[c]ccc2sccc12. The Morgan fingerprint density at radius 1 is 1.45 bits per heavy atom. The highest BCUT2D eigenvalue weighted by Gasteiger charge is 1.96. The van der Waals surface area contributed by atoms with Crippen LogP contribution in [0.15, 0.2) is 30.2 Å². The minimum atomic E-state index is 1.10. The molecule has 0 aliphatic carbocycles. The van der Waals surface area contributed by atoms with Crippen LogP contribution in [-0.2, 0) is 0 Å². The summed E-state index contributed by atoms with van der Waals surface area (Å²) in [7, 11) is 0. The van der Waals surface area contributed by atoms with Crippen molar-refractivity contribution in [2.45, 2.75) is 0 Å². The van der Waals surface area contributed by atoms with Crippen molar-refractivity contribution in [1.29, 1.82) is 0 Å². The van der Waals surface area contributed by atoms with Crippen molar-refractivity contribution in [3.8, 4) is 0 Å². The Bertz CT molecular complexity index is 384. The van der Waals surface area contributed by atoms with Crippen LogP contribution in [0, 0.1) is 6.07 Å². The van der Waals surface area contributed by atoms with Gasteiger partial charge in [0.15, 0.2) is 0 Å². The molecule has 0 N–H and O–H groups in total. The monoisotopic (exact) mass is 159 g/mol. The fourth-order valence-electron chi connectivity index (χ4n) is 1.13. The number of hydrogen-bond acceptors (Lipinski definition) is 1. The Kier molecular flexibility index (Phi) is 1.51. The van der Waals surface area contributed by atoms with Crippen LogP contribution < -0.4 is 0 Å². The van der Waals surface area contributed by atoms with E-state index in [0.29, 0.717) is 0 Å². The Hall–Kier alpha value is -1.08. The molecule has 0 saturated carbocycles. The number of fused-ring (bicyclic) bond motifs is 1. The Morgan fingerprint density at radius 2 is 2.36 bits per heavy atom. The van der Waals surface area contributed by atoms with Gasteiger partial charge in [0.2, 0.25) is 0 Å². The fourth-order valence-corrected chi connectivity index (χ4v) is 1.93. The summed E-state index contributed by atoms with van der Waals surface area (Å²) in [5.41, 5.74) is 1.10. The van der Waals surface area contributed by atoms with Crippen molar-refractivity contribution in [1.82, 2.24) is 0 Å². The fraction of sp³-hybridized carbons (Fsp3) is 0. The number of benzene rings is 1. The van der Waals surface area contributed by atoms with Crippen molar-refractivity contribution in [2.75, 3.05) is 0 Å². The van der Waals surface area contributed by atoms with Crippen LogP contribution in [0.5, 0.6) is 0 Å². The lowest BCUT2D eigenvalue weighted by atomic mass is 10.1. The summed E-state index contributed by atoms with van der Waals surface area (Å²) in [5, 5.41) is 3.35. The predicted molar refractivity (Wildman–Crippen MR) is 50.8 cm³/mol. The molecule has 1 radical (unpaired) electrons. The second-order valence-corrected chi connectivity index (χ2v) is 3.24. The molecule has 2 rings (SSSR count). The Morgan fingerprint density at radius 3 is 3.18 bits per heavy atom. The highest BCUT2D eigenvalue weighted by Crippen LogP contribution is 2.23. The van der Waals surface area contributed by atoms with E-state index in [4.69, 9.17) is 0 Å². The lowest BCUT2D eigenvalue weighted by Crippen LogP contribution is -1.70. The lowest BCUT2D eigenvalue weighted by Gasteiger charge is -1.92. The van der Waals surface area contributed by atoms with Gasteiger partial charge in [-0.05, 0) is 29.1 Å². The molecule has 1 aromatic carbocycles. The average Bonchev–Trinajstić information content (AvgIpc) is 2.50. The topological polar surface area (TPSA) is 0 Å². The van der Waals surface area contributed by atoms with Crippen LogP contribution in [-0.4, -0.2) is 0 Å². The van der Waals surface area contributed by atoms with E-state index in [9.17, 15) is 0 Å². The van der Waals surface area contributed by atoms with Crippen LogP contribution in [0.1, 0.15) is 5.56 Å². The van der Waals surface area contributed by atoms with Crippen LogP contribution in [0.3, 0.4) is 0 Å². The first kappa shape index (κ1) is 6.62. The van der Waals surface area contributed by atoms with Crippen molar-refractivity contribution < 1.29 is 0 Å². The lowest BCUT2D eigenvalue weighted by molar-refractivity contribution is 1.77. The smallest absolute Gasteiger partial charge is 0.0349 e. The minimum Gasteiger partial charge on any atom is -0.144 e. The quantitative estimate of drug-likeness (QED) is 0.598. The first-order chi connectivity index (χ1) is 5.42. The highest BCUT2D eigenvalue weighted by atomic mass is 32.1. The molecule has 0 aliphatic rings. The van der Waals surface area contributed by atoms with E-state index >= 15 is 0 Å². The summed E-state index contributed by atoms with van der Waals surface area (Å²) >= 11 is 1.75. The maximum Gasteiger partial charge on any atom is 0.0349 e. The standard InChI is InChI=1S/C10H7S/c1-2-8-4-3-5-10-9(8)6-7-11-10/h2-3,5-7H,1H2. The van der Waals surface area contributed by atoms with Crippen molar-refractivity contribution in [3.63, 3.8) is 0 Å². The number of thiophene rings is 1. The van der Waals surface area contributed by atoms with Gasteiger partial charge in [0.25, 0.3) is 0 Å². The zero-order valence-electron chi connectivity index (χ0n) is 6.00. The first-order valence-corrected chi connectivity index (χ1v) is 4.30. The van der Waals surface area contributed by atoms with Gasteiger partial charge in [0.1, 0.15) is 0 Å². The zero-order chi connectivity index (χ0) is 7.68. The van der Waals surface area contributed by atoms with Gasteiger partial charge >= 0.3 is 0 Å². The number of hydrogen-bond donors (Lipinski definition) is 0. The molecule has 0 unspecified atom stereocenters. The highest BCUT2D eigenvalue weighted by molar-refractivity contribution is 7.17. The maximum absolute atomic E-state index is 3.73. The van der Waals surface area contributed by atoms with E-state index < -0.39 is 0 Å². The summed E-state index contributed by atoms with van der Waals surface area (Å²) in [5.74, 6) is 0. The molecule has 0 fully saturated rings. The molecule has 1 heteroatoms. The zero-order valence-corrected chi connectivity index (χ0v) is 6.82. The molecule has 11 heavy (non-hydrogen) atoms. The summed E-state index contributed by atoms with van der Waals surface area (Å²) < 4.78 is 1.30. The number of rotatable bonds is 1. The molecule has 0 bridgehead atoms. The van der Waals surface area contributed by atoms with E-state index in [1.807, 2.05) is 12.1 Å². The second kappa shape index (κ2) is 2.51.